The highest BCUT2D eigenvalue weighted by molar-refractivity contribution is 5.83. The molecule has 0 unspecified atom stereocenters. The summed E-state index contributed by atoms with van der Waals surface area (Å²) >= 11 is 0. The highest BCUT2D eigenvalue weighted by atomic mass is 15.2. The standard InChI is InChI=1S/C13H16N2/c14-11-6-8-15-7-5-10-3-1-2-4-12(10)13(15)9-11/h1-4,13-14H,5-9H2/t13-/m1/s1. The molecule has 2 nitrogen and oxygen atoms in total. The molecule has 1 aromatic carbocycles. The highest BCUT2D eigenvalue weighted by Crippen LogP contribution is 2.35. The molecule has 1 fully saturated rings. The third-order valence-corrected chi connectivity index (χ3v) is 3.66. The van der Waals surface area contributed by atoms with Gasteiger partial charge in [0.25, 0.3) is 0 Å². The van der Waals surface area contributed by atoms with Crippen molar-refractivity contribution in [2.45, 2.75) is 25.3 Å². The molecule has 2 heteroatoms. The molecule has 0 amide bonds. The Morgan fingerprint density at radius 3 is 2.87 bits per heavy atom. The Labute approximate surface area is 90.4 Å². The number of fused-ring (bicyclic) bond motifs is 3. The predicted octanol–water partition coefficient (Wildman–Crippen LogP) is 2.40. The van der Waals surface area contributed by atoms with E-state index in [1.165, 1.54) is 24.1 Å². The first-order valence-electron chi connectivity index (χ1n) is 5.73. The quantitative estimate of drug-likeness (QED) is 0.684. The van der Waals surface area contributed by atoms with Gasteiger partial charge < -0.3 is 5.41 Å². The van der Waals surface area contributed by atoms with Crippen LogP contribution in [0, 0.1) is 5.41 Å². The highest BCUT2D eigenvalue weighted by Gasteiger charge is 2.30. The fraction of sp³-hybridized carbons (Fsp3) is 0.462. The van der Waals surface area contributed by atoms with Crippen LogP contribution in [0.4, 0.5) is 0 Å². The van der Waals surface area contributed by atoms with Crippen LogP contribution >= 0.6 is 0 Å². The van der Waals surface area contributed by atoms with E-state index in [0.717, 1.165) is 25.1 Å². The van der Waals surface area contributed by atoms with Crippen molar-refractivity contribution in [1.82, 2.24) is 4.90 Å². The number of piperidine rings is 1. The van der Waals surface area contributed by atoms with Crippen LogP contribution in [0.3, 0.4) is 0 Å². The molecule has 1 saturated heterocycles. The van der Waals surface area contributed by atoms with E-state index < -0.39 is 0 Å². The molecule has 3 rings (SSSR count). The Bertz CT molecular complexity index is 397. The van der Waals surface area contributed by atoms with E-state index in [-0.39, 0.29) is 0 Å². The zero-order valence-electron chi connectivity index (χ0n) is 8.87. The maximum absolute atomic E-state index is 7.83. The van der Waals surface area contributed by atoms with Crippen molar-refractivity contribution in [3.05, 3.63) is 35.4 Å². The Morgan fingerprint density at radius 1 is 1.13 bits per heavy atom. The molecule has 2 aliphatic rings. The van der Waals surface area contributed by atoms with Crippen molar-refractivity contribution >= 4 is 5.71 Å². The van der Waals surface area contributed by atoms with Crippen molar-refractivity contribution in [2.75, 3.05) is 13.1 Å². The summed E-state index contributed by atoms with van der Waals surface area (Å²) < 4.78 is 0. The van der Waals surface area contributed by atoms with Crippen molar-refractivity contribution in [1.29, 1.82) is 5.41 Å². The topological polar surface area (TPSA) is 27.1 Å². The smallest absolute Gasteiger partial charge is 0.0402 e. The lowest BCUT2D eigenvalue weighted by Gasteiger charge is -2.40. The number of rotatable bonds is 0. The van der Waals surface area contributed by atoms with Gasteiger partial charge in [0.2, 0.25) is 0 Å². The summed E-state index contributed by atoms with van der Waals surface area (Å²) in [6.45, 7) is 2.26. The van der Waals surface area contributed by atoms with Crippen LogP contribution in [0.1, 0.15) is 30.0 Å². The number of hydrogen-bond acceptors (Lipinski definition) is 2. The third-order valence-electron chi connectivity index (χ3n) is 3.66. The van der Waals surface area contributed by atoms with Gasteiger partial charge in [0.05, 0.1) is 0 Å². The molecule has 78 valence electrons. The third kappa shape index (κ3) is 1.49. The van der Waals surface area contributed by atoms with Gasteiger partial charge in [0.1, 0.15) is 0 Å². The fourth-order valence-corrected chi connectivity index (χ4v) is 2.82. The minimum atomic E-state index is 0.496. The zero-order valence-corrected chi connectivity index (χ0v) is 8.87. The second-order valence-electron chi connectivity index (χ2n) is 4.56. The molecule has 0 bridgehead atoms. The summed E-state index contributed by atoms with van der Waals surface area (Å²) in [5, 5.41) is 7.83. The van der Waals surface area contributed by atoms with Crippen LogP contribution in [0.5, 0.6) is 0 Å². The van der Waals surface area contributed by atoms with Crippen molar-refractivity contribution in [2.24, 2.45) is 0 Å². The van der Waals surface area contributed by atoms with Crippen LogP contribution < -0.4 is 0 Å². The summed E-state index contributed by atoms with van der Waals surface area (Å²) in [5.41, 5.74) is 3.88. The molecule has 0 aliphatic carbocycles. The van der Waals surface area contributed by atoms with Crippen molar-refractivity contribution in [3.8, 4) is 0 Å². The molecule has 0 aromatic heterocycles. The summed E-state index contributed by atoms with van der Waals surface area (Å²) in [4.78, 5) is 2.54. The van der Waals surface area contributed by atoms with Crippen LogP contribution in [0.2, 0.25) is 0 Å². The van der Waals surface area contributed by atoms with Crippen LogP contribution in [0.15, 0.2) is 24.3 Å². The Hall–Kier alpha value is -1.15. The van der Waals surface area contributed by atoms with Crippen molar-refractivity contribution in [3.63, 3.8) is 0 Å². The second-order valence-corrected chi connectivity index (χ2v) is 4.56. The summed E-state index contributed by atoms with van der Waals surface area (Å²) in [6.07, 6.45) is 3.09. The van der Waals surface area contributed by atoms with Gasteiger partial charge in [-0.3, -0.25) is 4.90 Å². The lowest BCUT2D eigenvalue weighted by Crippen LogP contribution is -2.41. The molecule has 2 aliphatic heterocycles. The molecule has 1 atom stereocenters. The van der Waals surface area contributed by atoms with Gasteiger partial charge in [-0.2, -0.15) is 0 Å². The summed E-state index contributed by atoms with van der Waals surface area (Å²) in [5.74, 6) is 0. The molecule has 15 heavy (non-hydrogen) atoms. The number of nitrogens with zero attached hydrogens (tertiary/aromatic N) is 1. The minimum Gasteiger partial charge on any atom is -0.310 e. The second kappa shape index (κ2) is 3.46. The van der Waals surface area contributed by atoms with Crippen LogP contribution in [0.25, 0.3) is 0 Å². The molecule has 1 aromatic rings. The minimum absolute atomic E-state index is 0.496. The Kier molecular flexibility index (Phi) is 2.10. The number of benzene rings is 1. The average molecular weight is 200 g/mol. The molecule has 2 heterocycles. The van der Waals surface area contributed by atoms with E-state index >= 15 is 0 Å². The van der Waals surface area contributed by atoms with Gasteiger partial charge in [-0.1, -0.05) is 24.3 Å². The maximum atomic E-state index is 7.83. The lowest BCUT2D eigenvalue weighted by molar-refractivity contribution is 0.180. The summed E-state index contributed by atoms with van der Waals surface area (Å²) in [7, 11) is 0. The van der Waals surface area contributed by atoms with E-state index in [4.69, 9.17) is 5.41 Å². The molecular weight excluding hydrogens is 184 g/mol. The van der Waals surface area contributed by atoms with Gasteiger partial charge in [-0.05, 0) is 24.0 Å². The predicted molar refractivity (Wildman–Crippen MR) is 61.4 cm³/mol. The number of nitrogens with one attached hydrogen (secondary N) is 1. The Balaban J connectivity index is 2.00. The van der Waals surface area contributed by atoms with E-state index in [2.05, 4.69) is 29.2 Å². The fourth-order valence-electron chi connectivity index (χ4n) is 2.82. The SMILES string of the molecule is N=C1CCN2CCc3ccccc3[C@H]2C1. The van der Waals surface area contributed by atoms with E-state index in [9.17, 15) is 0 Å². The largest absolute Gasteiger partial charge is 0.310 e. The first-order valence-corrected chi connectivity index (χ1v) is 5.73. The van der Waals surface area contributed by atoms with E-state index in [1.807, 2.05) is 0 Å². The molecule has 0 saturated carbocycles. The first-order chi connectivity index (χ1) is 7.34. The average Bonchev–Trinajstić information content (AvgIpc) is 2.29. The maximum Gasteiger partial charge on any atom is 0.0402 e. The van der Waals surface area contributed by atoms with Gasteiger partial charge >= 0.3 is 0 Å². The molecule has 0 radical (unpaired) electrons. The zero-order chi connectivity index (χ0) is 10.3. The number of hydrogen-bond donors (Lipinski definition) is 1. The van der Waals surface area contributed by atoms with Crippen LogP contribution in [-0.2, 0) is 6.42 Å². The van der Waals surface area contributed by atoms with Gasteiger partial charge in [-0.15, -0.1) is 0 Å². The Morgan fingerprint density at radius 2 is 1.93 bits per heavy atom. The normalized spacial score (nSPS) is 25.9. The monoisotopic (exact) mass is 200 g/mol. The van der Waals surface area contributed by atoms with Gasteiger partial charge in [0.15, 0.2) is 0 Å². The van der Waals surface area contributed by atoms with Gasteiger partial charge in [0, 0.05) is 31.3 Å². The van der Waals surface area contributed by atoms with Crippen molar-refractivity contribution < 1.29 is 0 Å². The summed E-state index contributed by atoms with van der Waals surface area (Å²) in [6, 6.07) is 9.23. The molecule has 1 N–H and O–H groups in total. The van der Waals surface area contributed by atoms with Crippen LogP contribution in [-0.4, -0.2) is 23.7 Å². The molecule has 0 spiro atoms. The van der Waals surface area contributed by atoms with E-state index in [0.29, 0.717) is 6.04 Å². The van der Waals surface area contributed by atoms with Gasteiger partial charge in [-0.25, -0.2) is 0 Å². The van der Waals surface area contributed by atoms with E-state index in [1.54, 1.807) is 0 Å². The first kappa shape index (κ1) is 9.10. The lowest BCUT2D eigenvalue weighted by atomic mass is 9.86. The molecular formula is C13H16N2.